The Morgan fingerprint density at radius 1 is 1.23 bits per heavy atom. The lowest BCUT2D eigenvalue weighted by molar-refractivity contribution is -0.138. The highest BCUT2D eigenvalue weighted by atomic mass is 16.2. The fourth-order valence-electron chi connectivity index (χ4n) is 2.47. The van der Waals surface area contributed by atoms with Crippen LogP contribution >= 0.6 is 0 Å². The second-order valence-electron chi connectivity index (χ2n) is 4.98. The van der Waals surface area contributed by atoms with Gasteiger partial charge >= 0.3 is 6.03 Å². The molecule has 0 spiro atoms. The zero-order valence-electron chi connectivity index (χ0n) is 12.1. The molecule has 8 heteroatoms. The fourth-order valence-corrected chi connectivity index (χ4v) is 2.47. The Labute approximate surface area is 126 Å². The van der Waals surface area contributed by atoms with Crippen LogP contribution in [0.4, 0.5) is 16.2 Å². The van der Waals surface area contributed by atoms with Crippen LogP contribution in [0.2, 0.25) is 0 Å². The molecule has 5 N–H and O–H groups in total. The van der Waals surface area contributed by atoms with Crippen LogP contribution in [0.1, 0.15) is 25.8 Å². The first-order chi connectivity index (χ1) is 10.3. The van der Waals surface area contributed by atoms with Gasteiger partial charge in [0.25, 0.3) is 0 Å². The van der Waals surface area contributed by atoms with Crippen LogP contribution in [0.25, 0.3) is 0 Å². The van der Waals surface area contributed by atoms with E-state index in [4.69, 9.17) is 5.73 Å². The molecule has 0 atom stereocenters. The Hall–Kier alpha value is -2.90. The van der Waals surface area contributed by atoms with E-state index < -0.39 is 23.3 Å². The Kier molecular flexibility index (Phi) is 3.85. The number of barbiturate groups is 1. The van der Waals surface area contributed by atoms with Crippen molar-refractivity contribution in [1.82, 2.24) is 10.6 Å². The van der Waals surface area contributed by atoms with Crippen molar-refractivity contribution in [2.75, 3.05) is 11.1 Å². The molecule has 1 fully saturated rings. The number of urea groups is 1. The number of nitrogens with one attached hydrogen (secondary N) is 3. The van der Waals surface area contributed by atoms with Crippen molar-refractivity contribution >= 4 is 35.1 Å². The van der Waals surface area contributed by atoms with E-state index in [0.717, 1.165) is 0 Å². The van der Waals surface area contributed by atoms with Crippen molar-refractivity contribution in [3.8, 4) is 0 Å². The molecule has 0 saturated carbocycles. The van der Waals surface area contributed by atoms with E-state index in [9.17, 15) is 19.2 Å². The molecule has 1 heterocycles. The van der Waals surface area contributed by atoms with E-state index >= 15 is 0 Å². The van der Waals surface area contributed by atoms with Crippen LogP contribution < -0.4 is 21.7 Å². The first-order valence-corrected chi connectivity index (χ1v) is 6.65. The van der Waals surface area contributed by atoms with E-state index in [1.807, 2.05) is 0 Å². The van der Waals surface area contributed by atoms with Crippen molar-refractivity contribution in [2.45, 2.75) is 25.7 Å². The molecule has 0 aromatic heterocycles. The SMILES string of the molecule is CCC1(c2ccc(NC(C)=O)c(N)c2)C(=O)NC(=O)NC1=O. The van der Waals surface area contributed by atoms with E-state index in [1.165, 1.54) is 25.1 Å². The minimum absolute atomic E-state index is 0.150. The molecule has 0 radical (unpaired) electrons. The zero-order valence-corrected chi connectivity index (χ0v) is 12.1. The summed E-state index contributed by atoms with van der Waals surface area (Å²) in [6.45, 7) is 3.00. The average Bonchev–Trinajstić information content (AvgIpc) is 2.41. The Bertz CT molecular complexity index is 663. The molecule has 1 aromatic rings. The number of hydrogen-bond acceptors (Lipinski definition) is 5. The molecule has 1 saturated heterocycles. The van der Waals surface area contributed by atoms with Crippen LogP contribution in [0.15, 0.2) is 18.2 Å². The normalized spacial score (nSPS) is 16.7. The van der Waals surface area contributed by atoms with Gasteiger partial charge in [-0.2, -0.15) is 0 Å². The quantitative estimate of drug-likeness (QED) is 0.469. The van der Waals surface area contributed by atoms with Crippen LogP contribution in [0.3, 0.4) is 0 Å². The molecule has 116 valence electrons. The summed E-state index contributed by atoms with van der Waals surface area (Å²) in [7, 11) is 0. The molecule has 1 aromatic carbocycles. The number of rotatable bonds is 3. The van der Waals surface area contributed by atoms with Gasteiger partial charge in [-0.3, -0.25) is 25.0 Å². The van der Waals surface area contributed by atoms with Gasteiger partial charge in [-0.15, -0.1) is 0 Å². The summed E-state index contributed by atoms with van der Waals surface area (Å²) in [6.07, 6.45) is 0.150. The average molecular weight is 304 g/mol. The molecule has 0 aliphatic carbocycles. The van der Waals surface area contributed by atoms with Gasteiger partial charge in [0.05, 0.1) is 11.4 Å². The number of hydrogen-bond donors (Lipinski definition) is 4. The first-order valence-electron chi connectivity index (χ1n) is 6.65. The Morgan fingerprint density at radius 3 is 2.27 bits per heavy atom. The van der Waals surface area contributed by atoms with Gasteiger partial charge in [0.2, 0.25) is 17.7 Å². The maximum absolute atomic E-state index is 12.2. The van der Waals surface area contributed by atoms with E-state index in [-0.39, 0.29) is 18.0 Å². The second-order valence-corrected chi connectivity index (χ2v) is 4.98. The monoisotopic (exact) mass is 304 g/mol. The van der Waals surface area contributed by atoms with Gasteiger partial charge in [-0.05, 0) is 24.1 Å². The third-order valence-corrected chi connectivity index (χ3v) is 3.61. The molecular formula is C14H16N4O4. The maximum atomic E-state index is 12.2. The van der Waals surface area contributed by atoms with Crippen molar-refractivity contribution in [3.63, 3.8) is 0 Å². The predicted octanol–water partition coefficient (Wildman–Crippen LogP) is 0.241. The van der Waals surface area contributed by atoms with Crippen molar-refractivity contribution in [1.29, 1.82) is 0 Å². The topological polar surface area (TPSA) is 130 Å². The number of carbonyl (C=O) groups excluding carboxylic acids is 4. The Morgan fingerprint density at radius 2 is 1.82 bits per heavy atom. The van der Waals surface area contributed by atoms with Crippen LogP contribution in [-0.2, 0) is 19.8 Å². The summed E-state index contributed by atoms with van der Waals surface area (Å²) < 4.78 is 0. The summed E-state index contributed by atoms with van der Waals surface area (Å²) in [4.78, 5) is 46.8. The number of anilines is 2. The van der Waals surface area contributed by atoms with Crippen molar-refractivity contribution < 1.29 is 19.2 Å². The molecule has 5 amide bonds. The van der Waals surface area contributed by atoms with Crippen LogP contribution in [-0.4, -0.2) is 23.8 Å². The minimum atomic E-state index is -1.53. The smallest absolute Gasteiger partial charge is 0.328 e. The van der Waals surface area contributed by atoms with Crippen LogP contribution in [0, 0.1) is 0 Å². The molecular weight excluding hydrogens is 288 g/mol. The number of benzene rings is 1. The highest BCUT2D eigenvalue weighted by Crippen LogP contribution is 2.33. The predicted molar refractivity (Wildman–Crippen MR) is 78.8 cm³/mol. The summed E-state index contributed by atoms with van der Waals surface area (Å²) in [5.74, 6) is -1.69. The number of amides is 5. The molecule has 0 bridgehead atoms. The highest BCUT2D eigenvalue weighted by Gasteiger charge is 2.50. The molecule has 1 aliphatic rings. The molecule has 22 heavy (non-hydrogen) atoms. The standard InChI is InChI=1S/C14H16N4O4/c1-3-14(11(20)17-13(22)18-12(14)21)8-4-5-10(9(15)6-8)16-7(2)19/h4-6H,3,15H2,1-2H3,(H,16,19)(H2,17,18,20,21,22). The number of carbonyl (C=O) groups is 4. The van der Waals surface area contributed by atoms with Gasteiger partial charge in [0.1, 0.15) is 0 Å². The lowest BCUT2D eigenvalue weighted by Gasteiger charge is -2.33. The van der Waals surface area contributed by atoms with Gasteiger partial charge in [-0.25, -0.2) is 4.79 Å². The van der Waals surface area contributed by atoms with Gasteiger partial charge in [-0.1, -0.05) is 13.0 Å². The molecule has 1 aliphatic heterocycles. The van der Waals surface area contributed by atoms with E-state index in [0.29, 0.717) is 11.3 Å². The van der Waals surface area contributed by atoms with Gasteiger partial charge < -0.3 is 11.1 Å². The van der Waals surface area contributed by atoms with E-state index in [2.05, 4.69) is 16.0 Å². The fraction of sp³-hybridized carbons (Fsp3) is 0.286. The third-order valence-electron chi connectivity index (χ3n) is 3.61. The zero-order chi connectivity index (χ0) is 16.5. The number of imide groups is 2. The lowest BCUT2D eigenvalue weighted by Crippen LogP contribution is -2.64. The maximum Gasteiger partial charge on any atom is 0.328 e. The minimum Gasteiger partial charge on any atom is -0.397 e. The third kappa shape index (κ3) is 2.39. The van der Waals surface area contributed by atoms with E-state index in [1.54, 1.807) is 6.92 Å². The van der Waals surface area contributed by atoms with Crippen molar-refractivity contribution in [2.24, 2.45) is 0 Å². The molecule has 2 rings (SSSR count). The van der Waals surface area contributed by atoms with Crippen molar-refractivity contribution in [3.05, 3.63) is 23.8 Å². The highest BCUT2D eigenvalue weighted by molar-refractivity contribution is 6.23. The second kappa shape index (κ2) is 5.47. The first kappa shape index (κ1) is 15.5. The largest absolute Gasteiger partial charge is 0.397 e. The Balaban J connectivity index is 2.49. The summed E-state index contributed by atoms with van der Waals surface area (Å²) in [5.41, 5.74) is 5.29. The number of nitrogens with two attached hydrogens (primary N) is 1. The van der Waals surface area contributed by atoms with Gasteiger partial charge in [0.15, 0.2) is 5.41 Å². The summed E-state index contributed by atoms with van der Waals surface area (Å²) >= 11 is 0. The van der Waals surface area contributed by atoms with Gasteiger partial charge in [0, 0.05) is 6.92 Å². The lowest BCUT2D eigenvalue weighted by atomic mass is 9.75. The molecule has 0 unspecified atom stereocenters. The van der Waals surface area contributed by atoms with Crippen LogP contribution in [0.5, 0.6) is 0 Å². The molecule has 8 nitrogen and oxygen atoms in total. The number of nitrogen functional groups attached to an aromatic ring is 1. The summed E-state index contributed by atoms with van der Waals surface area (Å²) in [5, 5.41) is 6.74. The summed E-state index contributed by atoms with van der Waals surface area (Å²) in [6, 6.07) is 3.64.